The maximum absolute atomic E-state index is 4.21. The average Bonchev–Trinajstić information content (AvgIpc) is 2.29. The second kappa shape index (κ2) is 5.92. The van der Waals surface area contributed by atoms with Gasteiger partial charge < -0.3 is 5.32 Å². The van der Waals surface area contributed by atoms with Crippen molar-refractivity contribution < 1.29 is 0 Å². The van der Waals surface area contributed by atoms with Crippen molar-refractivity contribution in [2.75, 3.05) is 6.54 Å². The van der Waals surface area contributed by atoms with Gasteiger partial charge in [-0.2, -0.15) is 0 Å². The fourth-order valence-corrected chi connectivity index (χ4v) is 2.67. The third kappa shape index (κ3) is 3.93. The maximum Gasteiger partial charge on any atom is 0.115 e. The highest BCUT2D eigenvalue weighted by Gasteiger charge is 2.17. The lowest BCUT2D eigenvalue weighted by atomic mass is 9.84. The molecule has 1 N–H and O–H groups in total. The summed E-state index contributed by atoms with van der Waals surface area (Å²) in [6.45, 7) is 6.48. The Morgan fingerprint density at radius 2 is 2.35 bits per heavy atom. The topological polar surface area (TPSA) is 37.8 Å². The molecule has 0 saturated carbocycles. The SMILES string of the molecule is CC1=CC(C)CC(CNCc2ccncn2)C1. The van der Waals surface area contributed by atoms with Gasteiger partial charge in [-0.1, -0.05) is 18.6 Å². The van der Waals surface area contributed by atoms with Crippen LogP contribution < -0.4 is 5.32 Å². The fourth-order valence-electron chi connectivity index (χ4n) is 2.67. The molecule has 1 aromatic rings. The van der Waals surface area contributed by atoms with Crippen molar-refractivity contribution >= 4 is 0 Å². The van der Waals surface area contributed by atoms with Crippen LogP contribution in [-0.4, -0.2) is 16.5 Å². The lowest BCUT2D eigenvalue weighted by molar-refractivity contribution is 0.380. The van der Waals surface area contributed by atoms with Crippen molar-refractivity contribution in [1.82, 2.24) is 15.3 Å². The van der Waals surface area contributed by atoms with E-state index in [2.05, 4.69) is 35.2 Å². The molecular formula is C14H21N3. The van der Waals surface area contributed by atoms with Gasteiger partial charge in [-0.25, -0.2) is 9.97 Å². The second-order valence-corrected chi connectivity index (χ2v) is 5.13. The van der Waals surface area contributed by atoms with Crippen molar-refractivity contribution in [3.63, 3.8) is 0 Å². The number of nitrogens with zero attached hydrogens (tertiary/aromatic N) is 2. The van der Waals surface area contributed by atoms with E-state index in [9.17, 15) is 0 Å². The molecule has 0 spiro atoms. The van der Waals surface area contributed by atoms with Gasteiger partial charge in [-0.15, -0.1) is 0 Å². The molecule has 2 atom stereocenters. The molecule has 1 heterocycles. The Labute approximate surface area is 103 Å². The summed E-state index contributed by atoms with van der Waals surface area (Å²) in [5.41, 5.74) is 2.61. The standard InChI is InChI=1S/C14H21N3/c1-11-5-12(2)7-13(6-11)8-16-9-14-3-4-15-10-17-14/h3-5,10-11,13,16H,6-9H2,1-2H3. The lowest BCUT2D eigenvalue weighted by Gasteiger charge is -2.25. The van der Waals surface area contributed by atoms with Gasteiger partial charge in [0.05, 0.1) is 5.69 Å². The number of hydrogen-bond donors (Lipinski definition) is 1. The van der Waals surface area contributed by atoms with Gasteiger partial charge in [-0.05, 0) is 44.2 Å². The lowest BCUT2D eigenvalue weighted by Crippen LogP contribution is -2.26. The molecule has 92 valence electrons. The molecule has 0 aliphatic heterocycles. The normalized spacial score (nSPS) is 24.5. The van der Waals surface area contributed by atoms with Crippen LogP contribution in [0.5, 0.6) is 0 Å². The Balaban J connectivity index is 1.74. The predicted octanol–water partition coefficient (Wildman–Crippen LogP) is 2.56. The van der Waals surface area contributed by atoms with Gasteiger partial charge in [0.15, 0.2) is 0 Å². The molecule has 3 nitrogen and oxygen atoms in total. The predicted molar refractivity (Wildman–Crippen MR) is 69.4 cm³/mol. The fraction of sp³-hybridized carbons (Fsp3) is 0.571. The smallest absolute Gasteiger partial charge is 0.115 e. The minimum absolute atomic E-state index is 0.731. The van der Waals surface area contributed by atoms with Crippen molar-refractivity contribution in [3.8, 4) is 0 Å². The van der Waals surface area contributed by atoms with Crippen LogP contribution in [0.1, 0.15) is 32.4 Å². The average molecular weight is 231 g/mol. The van der Waals surface area contributed by atoms with Crippen molar-refractivity contribution in [3.05, 3.63) is 35.9 Å². The highest BCUT2D eigenvalue weighted by Crippen LogP contribution is 2.27. The molecule has 2 unspecified atom stereocenters. The zero-order valence-corrected chi connectivity index (χ0v) is 10.7. The quantitative estimate of drug-likeness (QED) is 0.809. The van der Waals surface area contributed by atoms with Crippen LogP contribution in [0.25, 0.3) is 0 Å². The van der Waals surface area contributed by atoms with Crippen molar-refractivity contribution in [2.24, 2.45) is 11.8 Å². The number of aromatic nitrogens is 2. The molecule has 0 aromatic carbocycles. The summed E-state index contributed by atoms with van der Waals surface area (Å²) in [4.78, 5) is 8.12. The minimum atomic E-state index is 0.731. The summed E-state index contributed by atoms with van der Waals surface area (Å²) in [5.74, 6) is 1.51. The molecule has 17 heavy (non-hydrogen) atoms. The monoisotopic (exact) mass is 231 g/mol. The molecule has 0 bridgehead atoms. The van der Waals surface area contributed by atoms with Crippen LogP contribution in [0.4, 0.5) is 0 Å². The van der Waals surface area contributed by atoms with E-state index in [1.54, 1.807) is 12.5 Å². The molecule has 3 heteroatoms. The van der Waals surface area contributed by atoms with Crippen molar-refractivity contribution in [1.29, 1.82) is 0 Å². The molecule has 1 aromatic heterocycles. The van der Waals surface area contributed by atoms with Gasteiger partial charge in [0.25, 0.3) is 0 Å². The van der Waals surface area contributed by atoms with E-state index in [-0.39, 0.29) is 0 Å². The molecular weight excluding hydrogens is 210 g/mol. The van der Waals surface area contributed by atoms with Crippen LogP contribution in [0.2, 0.25) is 0 Å². The Bertz CT molecular complexity index is 372. The summed E-state index contributed by atoms with van der Waals surface area (Å²) < 4.78 is 0. The van der Waals surface area contributed by atoms with Gasteiger partial charge in [0, 0.05) is 12.7 Å². The molecule has 1 aliphatic rings. The molecule has 1 aliphatic carbocycles. The number of nitrogens with one attached hydrogen (secondary N) is 1. The molecule has 0 amide bonds. The first-order valence-electron chi connectivity index (χ1n) is 6.37. The summed E-state index contributed by atoms with van der Waals surface area (Å²) >= 11 is 0. The second-order valence-electron chi connectivity index (χ2n) is 5.13. The highest BCUT2D eigenvalue weighted by molar-refractivity contribution is 5.06. The molecule has 0 fully saturated rings. The zero-order chi connectivity index (χ0) is 12.1. The first-order valence-corrected chi connectivity index (χ1v) is 6.37. The van der Waals surface area contributed by atoms with Crippen LogP contribution >= 0.6 is 0 Å². The third-order valence-corrected chi connectivity index (χ3v) is 3.27. The Morgan fingerprint density at radius 1 is 1.47 bits per heavy atom. The summed E-state index contributed by atoms with van der Waals surface area (Å²) in [7, 11) is 0. The van der Waals surface area contributed by atoms with E-state index in [0.29, 0.717) is 0 Å². The highest BCUT2D eigenvalue weighted by atomic mass is 14.9. The third-order valence-electron chi connectivity index (χ3n) is 3.27. The minimum Gasteiger partial charge on any atom is -0.311 e. The van der Waals surface area contributed by atoms with Crippen LogP contribution in [0.3, 0.4) is 0 Å². The maximum atomic E-state index is 4.21. The van der Waals surface area contributed by atoms with Gasteiger partial charge in [0.1, 0.15) is 6.33 Å². The first-order chi connectivity index (χ1) is 8.24. The van der Waals surface area contributed by atoms with Gasteiger partial charge in [0.2, 0.25) is 0 Å². The number of allylic oxidation sites excluding steroid dienone is 2. The van der Waals surface area contributed by atoms with Gasteiger partial charge >= 0.3 is 0 Å². The van der Waals surface area contributed by atoms with E-state index in [1.807, 2.05) is 6.07 Å². The van der Waals surface area contributed by atoms with E-state index in [0.717, 1.165) is 30.6 Å². The first kappa shape index (κ1) is 12.2. The van der Waals surface area contributed by atoms with E-state index < -0.39 is 0 Å². The van der Waals surface area contributed by atoms with Crippen LogP contribution in [-0.2, 0) is 6.54 Å². The summed E-state index contributed by atoms with van der Waals surface area (Å²) in [6, 6.07) is 1.96. The Hall–Kier alpha value is -1.22. The molecule has 2 rings (SSSR count). The largest absolute Gasteiger partial charge is 0.311 e. The summed E-state index contributed by atoms with van der Waals surface area (Å²) in [5, 5.41) is 3.50. The molecule has 0 saturated heterocycles. The van der Waals surface area contributed by atoms with E-state index >= 15 is 0 Å². The Kier molecular flexibility index (Phi) is 4.26. The van der Waals surface area contributed by atoms with E-state index in [4.69, 9.17) is 0 Å². The zero-order valence-electron chi connectivity index (χ0n) is 10.7. The van der Waals surface area contributed by atoms with Crippen LogP contribution in [0.15, 0.2) is 30.2 Å². The van der Waals surface area contributed by atoms with Gasteiger partial charge in [-0.3, -0.25) is 0 Å². The summed E-state index contributed by atoms with van der Waals surface area (Å²) in [6.07, 6.45) is 8.34. The Morgan fingerprint density at radius 3 is 3.06 bits per heavy atom. The van der Waals surface area contributed by atoms with Crippen molar-refractivity contribution in [2.45, 2.75) is 33.2 Å². The van der Waals surface area contributed by atoms with Crippen LogP contribution in [0, 0.1) is 11.8 Å². The number of hydrogen-bond acceptors (Lipinski definition) is 3. The molecule has 0 radical (unpaired) electrons. The number of rotatable bonds is 4. The van der Waals surface area contributed by atoms with E-state index in [1.165, 1.54) is 18.4 Å².